The topological polar surface area (TPSA) is 40.9 Å². The van der Waals surface area contributed by atoms with Gasteiger partial charge in [0.15, 0.2) is 0 Å². The van der Waals surface area contributed by atoms with Crippen molar-refractivity contribution in [3.05, 3.63) is 34.6 Å². The summed E-state index contributed by atoms with van der Waals surface area (Å²) in [7, 11) is 0. The van der Waals surface area contributed by atoms with Crippen molar-refractivity contribution in [2.75, 3.05) is 0 Å². The Morgan fingerprint density at radius 1 is 1.38 bits per heavy atom. The summed E-state index contributed by atoms with van der Waals surface area (Å²) in [5.41, 5.74) is -2.81. The van der Waals surface area contributed by atoms with Gasteiger partial charge in [-0.3, -0.25) is 4.79 Å². The largest absolute Gasteiger partial charge is 0.419 e. The van der Waals surface area contributed by atoms with Crippen molar-refractivity contribution in [1.29, 1.82) is 5.26 Å². The SMILES string of the molecule is N#Cc1cc(C(F)(F)F)c(F)cc1C(=O)Cl. The first-order chi connectivity index (χ1) is 7.27. The molecule has 0 aromatic heterocycles. The highest BCUT2D eigenvalue weighted by Crippen LogP contribution is 2.33. The maximum atomic E-state index is 13.0. The van der Waals surface area contributed by atoms with E-state index < -0.39 is 33.9 Å². The molecule has 7 heteroatoms. The van der Waals surface area contributed by atoms with Crippen molar-refractivity contribution in [1.82, 2.24) is 0 Å². The van der Waals surface area contributed by atoms with E-state index in [9.17, 15) is 22.4 Å². The van der Waals surface area contributed by atoms with Crippen LogP contribution < -0.4 is 0 Å². The van der Waals surface area contributed by atoms with E-state index in [1.807, 2.05) is 0 Å². The molecule has 0 atom stereocenters. The van der Waals surface area contributed by atoms with Gasteiger partial charge >= 0.3 is 6.18 Å². The van der Waals surface area contributed by atoms with Crippen LogP contribution in [0, 0.1) is 17.1 Å². The van der Waals surface area contributed by atoms with Gasteiger partial charge in [0.1, 0.15) is 5.82 Å². The Morgan fingerprint density at radius 3 is 2.31 bits per heavy atom. The van der Waals surface area contributed by atoms with Gasteiger partial charge in [0.05, 0.1) is 22.8 Å². The third-order valence-corrected chi connectivity index (χ3v) is 1.95. The molecule has 1 aromatic carbocycles. The maximum Gasteiger partial charge on any atom is 0.419 e. The normalized spacial score (nSPS) is 11.0. The molecule has 1 aromatic rings. The van der Waals surface area contributed by atoms with Crippen LogP contribution in [0.5, 0.6) is 0 Å². The van der Waals surface area contributed by atoms with E-state index in [4.69, 9.17) is 16.9 Å². The Kier molecular flexibility index (Phi) is 3.19. The summed E-state index contributed by atoms with van der Waals surface area (Å²) in [5, 5.41) is 7.31. The monoisotopic (exact) mass is 251 g/mol. The number of nitrogens with zero attached hydrogens (tertiary/aromatic N) is 1. The minimum atomic E-state index is -4.93. The number of carbonyl (C=O) groups is 1. The smallest absolute Gasteiger partial charge is 0.276 e. The van der Waals surface area contributed by atoms with Gasteiger partial charge in [0.2, 0.25) is 0 Å². The van der Waals surface area contributed by atoms with Crippen molar-refractivity contribution in [3.8, 4) is 6.07 Å². The lowest BCUT2D eigenvalue weighted by molar-refractivity contribution is -0.140. The molecule has 0 N–H and O–H groups in total. The molecular weight excluding hydrogens is 250 g/mol. The van der Waals surface area contributed by atoms with Crippen LogP contribution in [0.1, 0.15) is 21.5 Å². The Hall–Kier alpha value is -1.61. The van der Waals surface area contributed by atoms with Crippen LogP contribution >= 0.6 is 11.6 Å². The summed E-state index contributed by atoms with van der Waals surface area (Å²) in [6.07, 6.45) is -4.93. The minimum Gasteiger partial charge on any atom is -0.276 e. The summed E-state index contributed by atoms with van der Waals surface area (Å²) in [5.74, 6) is -1.64. The van der Waals surface area contributed by atoms with Gasteiger partial charge in [-0.25, -0.2) is 4.39 Å². The second-order valence-electron chi connectivity index (χ2n) is 2.76. The van der Waals surface area contributed by atoms with Gasteiger partial charge in [-0.15, -0.1) is 0 Å². The maximum absolute atomic E-state index is 13.0. The molecule has 0 amide bonds. The first-order valence-corrected chi connectivity index (χ1v) is 4.16. The highest BCUT2D eigenvalue weighted by molar-refractivity contribution is 6.68. The van der Waals surface area contributed by atoms with E-state index >= 15 is 0 Å². The second-order valence-corrected chi connectivity index (χ2v) is 3.10. The summed E-state index contributed by atoms with van der Waals surface area (Å²) in [4.78, 5) is 10.7. The standard InChI is InChI=1S/C9H2ClF4NO/c10-8(16)5-2-7(11)6(9(12,13)14)1-4(5)3-15/h1-2H. The summed E-state index contributed by atoms with van der Waals surface area (Å²) in [6.45, 7) is 0. The molecule has 0 aliphatic carbocycles. The van der Waals surface area contributed by atoms with E-state index in [0.717, 1.165) is 0 Å². The number of alkyl halides is 3. The first-order valence-electron chi connectivity index (χ1n) is 3.78. The summed E-state index contributed by atoms with van der Waals surface area (Å²) >= 11 is 4.99. The lowest BCUT2D eigenvalue weighted by Gasteiger charge is -2.09. The van der Waals surface area contributed by atoms with Crippen LogP contribution in [0.3, 0.4) is 0 Å². The van der Waals surface area contributed by atoms with Gasteiger partial charge in [-0.1, -0.05) is 0 Å². The number of carbonyl (C=O) groups excluding carboxylic acids is 1. The van der Waals surface area contributed by atoms with E-state index in [2.05, 4.69) is 0 Å². The Labute approximate surface area is 92.0 Å². The quantitative estimate of drug-likeness (QED) is 0.568. The highest BCUT2D eigenvalue weighted by atomic mass is 35.5. The molecular formula is C9H2ClF4NO. The molecule has 2 nitrogen and oxygen atoms in total. The van der Waals surface area contributed by atoms with Crippen LogP contribution in [0.15, 0.2) is 12.1 Å². The lowest BCUT2D eigenvalue weighted by Crippen LogP contribution is -2.10. The lowest BCUT2D eigenvalue weighted by atomic mass is 10.0. The Balaban J connectivity index is 3.51. The molecule has 16 heavy (non-hydrogen) atoms. The zero-order chi connectivity index (χ0) is 12.5. The van der Waals surface area contributed by atoms with E-state index in [0.29, 0.717) is 6.07 Å². The van der Waals surface area contributed by atoms with Crippen LogP contribution in [0.4, 0.5) is 17.6 Å². The van der Waals surface area contributed by atoms with Gasteiger partial charge in [0, 0.05) is 0 Å². The zero-order valence-corrected chi connectivity index (χ0v) is 8.16. The molecule has 0 radical (unpaired) electrons. The van der Waals surface area contributed by atoms with Gasteiger partial charge in [0.25, 0.3) is 5.24 Å². The van der Waals surface area contributed by atoms with Gasteiger partial charge in [-0.2, -0.15) is 18.4 Å². The summed E-state index contributed by atoms with van der Waals surface area (Å²) < 4.78 is 49.7. The molecule has 0 fully saturated rings. The van der Waals surface area contributed by atoms with Crippen molar-refractivity contribution in [3.63, 3.8) is 0 Å². The first kappa shape index (κ1) is 12.5. The third kappa shape index (κ3) is 2.31. The van der Waals surface area contributed by atoms with Crippen molar-refractivity contribution in [2.24, 2.45) is 0 Å². The van der Waals surface area contributed by atoms with E-state index in [1.165, 1.54) is 6.07 Å². The number of nitriles is 1. The summed E-state index contributed by atoms with van der Waals surface area (Å²) in [6, 6.07) is 1.90. The molecule has 0 saturated carbocycles. The van der Waals surface area contributed by atoms with E-state index in [-0.39, 0.29) is 6.07 Å². The van der Waals surface area contributed by atoms with Crippen molar-refractivity contribution >= 4 is 16.8 Å². The average Bonchev–Trinajstić information content (AvgIpc) is 2.15. The molecule has 1 rings (SSSR count). The molecule has 0 bridgehead atoms. The second kappa shape index (κ2) is 4.10. The van der Waals surface area contributed by atoms with Gasteiger partial charge < -0.3 is 0 Å². The van der Waals surface area contributed by atoms with E-state index in [1.54, 1.807) is 0 Å². The molecule has 84 valence electrons. The fourth-order valence-corrected chi connectivity index (χ4v) is 1.20. The predicted octanol–water partition coefficient (Wildman–Crippen LogP) is 3.10. The Bertz CT molecular complexity index is 490. The molecule has 0 aliphatic rings. The number of hydrogen-bond acceptors (Lipinski definition) is 2. The fraction of sp³-hybridized carbons (Fsp3) is 0.111. The minimum absolute atomic E-state index is 0.255. The van der Waals surface area contributed by atoms with Crippen LogP contribution in [0.25, 0.3) is 0 Å². The predicted molar refractivity (Wildman–Crippen MR) is 46.3 cm³/mol. The van der Waals surface area contributed by atoms with Crippen molar-refractivity contribution in [2.45, 2.75) is 6.18 Å². The van der Waals surface area contributed by atoms with Crippen LogP contribution in [-0.4, -0.2) is 5.24 Å². The number of rotatable bonds is 1. The Morgan fingerprint density at radius 2 is 1.94 bits per heavy atom. The van der Waals surface area contributed by atoms with Crippen LogP contribution in [-0.2, 0) is 6.18 Å². The molecule has 0 aliphatic heterocycles. The van der Waals surface area contributed by atoms with Crippen LogP contribution in [0.2, 0.25) is 0 Å². The molecule has 0 saturated heterocycles. The molecule has 0 unspecified atom stereocenters. The number of hydrogen-bond donors (Lipinski definition) is 0. The number of halogens is 5. The highest BCUT2D eigenvalue weighted by Gasteiger charge is 2.35. The third-order valence-electron chi connectivity index (χ3n) is 1.74. The van der Waals surface area contributed by atoms with Crippen molar-refractivity contribution < 1.29 is 22.4 Å². The van der Waals surface area contributed by atoms with Gasteiger partial charge in [-0.05, 0) is 23.7 Å². The fourth-order valence-electron chi connectivity index (χ4n) is 1.05. The molecule has 0 spiro atoms. The molecule has 0 heterocycles. The number of benzene rings is 1. The zero-order valence-electron chi connectivity index (χ0n) is 7.40. The average molecular weight is 252 g/mol.